The summed E-state index contributed by atoms with van der Waals surface area (Å²) in [7, 11) is 0. The molecule has 7 nitrogen and oxygen atoms in total. The Labute approximate surface area is 187 Å². The largest absolute Gasteiger partial charge is 0.376 e. The molecular formula is C25H28N4O3. The Hall–Kier alpha value is -3.19. The van der Waals surface area contributed by atoms with Crippen LogP contribution in [0.1, 0.15) is 50.6 Å². The third kappa shape index (κ3) is 3.77. The Morgan fingerprint density at radius 3 is 2.69 bits per heavy atom. The summed E-state index contributed by atoms with van der Waals surface area (Å²) in [5.41, 5.74) is 3.64. The molecule has 2 amide bonds. The van der Waals surface area contributed by atoms with E-state index >= 15 is 0 Å². The molecule has 1 aromatic heterocycles. The van der Waals surface area contributed by atoms with Gasteiger partial charge in [-0.15, -0.1) is 0 Å². The van der Waals surface area contributed by atoms with Gasteiger partial charge in [0.1, 0.15) is 6.04 Å². The number of nitrogens with one attached hydrogen (secondary N) is 1. The highest BCUT2D eigenvalue weighted by molar-refractivity contribution is 6.05. The van der Waals surface area contributed by atoms with Crippen molar-refractivity contribution in [1.29, 1.82) is 0 Å². The third-order valence-electron chi connectivity index (χ3n) is 6.33. The van der Waals surface area contributed by atoms with Crippen LogP contribution in [-0.2, 0) is 14.3 Å². The number of para-hydroxylation sites is 2. The van der Waals surface area contributed by atoms with Crippen molar-refractivity contribution >= 4 is 34.5 Å². The van der Waals surface area contributed by atoms with E-state index in [1.165, 1.54) is 5.56 Å². The highest BCUT2D eigenvalue weighted by Gasteiger charge is 2.42. The normalized spacial score (nSPS) is 20.3. The van der Waals surface area contributed by atoms with E-state index in [0.29, 0.717) is 18.4 Å². The molecule has 0 unspecified atom stereocenters. The van der Waals surface area contributed by atoms with Gasteiger partial charge < -0.3 is 10.1 Å². The maximum Gasteiger partial charge on any atom is 0.253 e. The minimum Gasteiger partial charge on any atom is -0.376 e. The zero-order chi connectivity index (χ0) is 22.2. The quantitative estimate of drug-likeness (QED) is 0.632. The number of hydrogen-bond acceptors (Lipinski definition) is 4. The predicted molar refractivity (Wildman–Crippen MR) is 124 cm³/mol. The molecule has 3 aromatic rings. The SMILES string of the molecule is CC(C)c1ccc(NC(=O)C[C@H]2C(=O)N(C[C@@H]3CCCO3)c3nc4ccccc4n32)cc1. The molecule has 0 aliphatic carbocycles. The van der Waals surface area contributed by atoms with Crippen LogP contribution in [0, 0.1) is 0 Å². The molecule has 3 heterocycles. The second-order valence-electron chi connectivity index (χ2n) is 8.90. The van der Waals surface area contributed by atoms with Crippen LogP contribution >= 0.6 is 0 Å². The molecule has 1 N–H and O–H groups in total. The number of anilines is 2. The van der Waals surface area contributed by atoms with Crippen molar-refractivity contribution in [2.24, 2.45) is 0 Å². The van der Waals surface area contributed by atoms with Crippen molar-refractivity contribution in [2.75, 3.05) is 23.4 Å². The van der Waals surface area contributed by atoms with Gasteiger partial charge in [-0.3, -0.25) is 19.1 Å². The molecule has 0 radical (unpaired) electrons. The van der Waals surface area contributed by atoms with Crippen molar-refractivity contribution in [3.05, 3.63) is 54.1 Å². The van der Waals surface area contributed by atoms with E-state index in [1.807, 2.05) is 53.1 Å². The summed E-state index contributed by atoms with van der Waals surface area (Å²) in [6.07, 6.45) is 2.01. The summed E-state index contributed by atoms with van der Waals surface area (Å²) in [5.74, 6) is 0.742. The highest BCUT2D eigenvalue weighted by atomic mass is 16.5. The summed E-state index contributed by atoms with van der Waals surface area (Å²) in [5, 5.41) is 2.95. The first-order valence-corrected chi connectivity index (χ1v) is 11.3. The number of nitrogens with zero attached hydrogens (tertiary/aromatic N) is 3. The van der Waals surface area contributed by atoms with Gasteiger partial charge in [-0.05, 0) is 48.6 Å². The maximum atomic E-state index is 13.4. The standard InChI is InChI=1S/C25H28N4O3/c1-16(2)17-9-11-18(12-10-17)26-23(30)14-22-24(31)28(15-19-6-5-13-32-19)25-27-20-7-3-4-8-21(20)29(22)25/h3-4,7-12,16,19,22H,5-6,13-15H2,1-2H3,(H,26,30)/t19-,22-/m0/s1. The van der Waals surface area contributed by atoms with Crippen molar-refractivity contribution in [2.45, 2.75) is 51.2 Å². The number of carbonyl (C=O) groups excluding carboxylic acids is 2. The lowest BCUT2D eigenvalue weighted by atomic mass is 10.0. The number of imidazole rings is 1. The van der Waals surface area contributed by atoms with Gasteiger partial charge in [-0.1, -0.05) is 38.1 Å². The minimum atomic E-state index is -0.617. The van der Waals surface area contributed by atoms with Gasteiger partial charge in [-0.2, -0.15) is 0 Å². The zero-order valence-electron chi connectivity index (χ0n) is 18.5. The number of hydrogen-bond donors (Lipinski definition) is 1. The van der Waals surface area contributed by atoms with Crippen molar-refractivity contribution in [3.63, 3.8) is 0 Å². The second-order valence-corrected chi connectivity index (χ2v) is 8.90. The number of aromatic nitrogens is 2. The summed E-state index contributed by atoms with van der Waals surface area (Å²) in [4.78, 5) is 32.7. The Bertz CT molecular complexity index is 1150. The van der Waals surface area contributed by atoms with Gasteiger partial charge in [0.15, 0.2) is 0 Å². The number of fused-ring (bicyclic) bond motifs is 3. The predicted octanol–water partition coefficient (Wildman–Crippen LogP) is 4.26. The Morgan fingerprint density at radius 1 is 1.19 bits per heavy atom. The van der Waals surface area contributed by atoms with E-state index in [9.17, 15) is 9.59 Å². The van der Waals surface area contributed by atoms with Crippen molar-refractivity contribution in [1.82, 2.24) is 9.55 Å². The second kappa shape index (κ2) is 8.39. The summed E-state index contributed by atoms with van der Waals surface area (Å²) in [6.45, 7) is 5.46. The van der Waals surface area contributed by atoms with Crippen LogP contribution in [-0.4, -0.2) is 40.6 Å². The van der Waals surface area contributed by atoms with E-state index in [1.54, 1.807) is 4.90 Å². The molecule has 2 aliphatic heterocycles. The lowest BCUT2D eigenvalue weighted by molar-refractivity contribution is -0.124. The molecule has 0 saturated carbocycles. The molecule has 2 aliphatic rings. The average molecular weight is 433 g/mol. The lowest BCUT2D eigenvalue weighted by Crippen LogP contribution is -2.37. The molecule has 0 spiro atoms. The van der Waals surface area contributed by atoms with Gasteiger partial charge in [0, 0.05) is 12.3 Å². The fourth-order valence-electron chi connectivity index (χ4n) is 4.60. The fourth-order valence-corrected chi connectivity index (χ4v) is 4.60. The van der Waals surface area contributed by atoms with Gasteiger partial charge in [-0.25, -0.2) is 4.98 Å². The van der Waals surface area contributed by atoms with E-state index in [0.717, 1.165) is 36.2 Å². The molecule has 166 valence electrons. The minimum absolute atomic E-state index is 0.0132. The number of amides is 2. The fraction of sp³-hybridized carbons (Fsp3) is 0.400. The van der Waals surface area contributed by atoms with Crippen LogP contribution in [0.25, 0.3) is 11.0 Å². The average Bonchev–Trinajstić information content (AvgIpc) is 3.48. The number of ether oxygens (including phenoxy) is 1. The van der Waals surface area contributed by atoms with Crippen LogP contribution in [0.2, 0.25) is 0 Å². The Kier molecular flexibility index (Phi) is 5.43. The summed E-state index contributed by atoms with van der Waals surface area (Å²) < 4.78 is 7.67. The maximum absolute atomic E-state index is 13.4. The van der Waals surface area contributed by atoms with E-state index in [-0.39, 0.29) is 24.3 Å². The Balaban J connectivity index is 1.39. The molecule has 5 rings (SSSR count). The molecule has 2 atom stereocenters. The first-order valence-electron chi connectivity index (χ1n) is 11.3. The van der Waals surface area contributed by atoms with Gasteiger partial charge in [0.05, 0.1) is 30.1 Å². The molecule has 32 heavy (non-hydrogen) atoms. The summed E-state index contributed by atoms with van der Waals surface area (Å²) >= 11 is 0. The number of rotatable bonds is 6. The van der Waals surface area contributed by atoms with Crippen LogP contribution in [0.4, 0.5) is 11.6 Å². The van der Waals surface area contributed by atoms with Crippen molar-refractivity contribution < 1.29 is 14.3 Å². The van der Waals surface area contributed by atoms with Crippen LogP contribution in [0.3, 0.4) is 0 Å². The molecule has 7 heteroatoms. The molecule has 0 bridgehead atoms. The topological polar surface area (TPSA) is 76.5 Å². The van der Waals surface area contributed by atoms with E-state index < -0.39 is 6.04 Å². The van der Waals surface area contributed by atoms with Crippen LogP contribution in [0.15, 0.2) is 48.5 Å². The molecule has 1 saturated heterocycles. The van der Waals surface area contributed by atoms with Gasteiger partial charge in [0.2, 0.25) is 11.9 Å². The zero-order valence-corrected chi connectivity index (χ0v) is 18.5. The number of carbonyl (C=O) groups is 2. The van der Waals surface area contributed by atoms with E-state index in [2.05, 4.69) is 19.2 Å². The first kappa shape index (κ1) is 20.7. The third-order valence-corrected chi connectivity index (χ3v) is 6.33. The summed E-state index contributed by atoms with van der Waals surface area (Å²) in [6, 6.07) is 15.0. The monoisotopic (exact) mass is 432 g/mol. The Morgan fingerprint density at radius 2 is 1.97 bits per heavy atom. The molecule has 1 fully saturated rings. The highest BCUT2D eigenvalue weighted by Crippen LogP contribution is 2.37. The van der Waals surface area contributed by atoms with Crippen molar-refractivity contribution in [3.8, 4) is 0 Å². The van der Waals surface area contributed by atoms with Crippen LogP contribution < -0.4 is 10.2 Å². The van der Waals surface area contributed by atoms with Gasteiger partial charge >= 0.3 is 0 Å². The van der Waals surface area contributed by atoms with Crippen LogP contribution in [0.5, 0.6) is 0 Å². The first-order chi connectivity index (χ1) is 15.5. The van der Waals surface area contributed by atoms with Gasteiger partial charge in [0.25, 0.3) is 5.91 Å². The molecule has 2 aromatic carbocycles. The number of benzene rings is 2. The lowest BCUT2D eigenvalue weighted by Gasteiger charge is -2.19. The smallest absolute Gasteiger partial charge is 0.253 e. The molecular weight excluding hydrogens is 404 g/mol. The van der Waals surface area contributed by atoms with E-state index in [4.69, 9.17) is 9.72 Å².